The Labute approximate surface area is 77.7 Å². The number of hydrogen-bond donors (Lipinski definition) is 0. The molecule has 3 fully saturated rings. The maximum atomic E-state index is 2.44. The van der Waals surface area contributed by atoms with Gasteiger partial charge in [-0.3, -0.25) is 0 Å². The van der Waals surface area contributed by atoms with Crippen LogP contribution in [0.1, 0.15) is 53.9 Å². The monoisotopic (exact) mass is 168 g/mol. The second-order valence-electron chi connectivity index (χ2n) is 5.19. The molecule has 3 rings (SSSR count). The van der Waals surface area contributed by atoms with Crippen LogP contribution in [-0.2, 0) is 0 Å². The highest BCUT2D eigenvalue weighted by Crippen LogP contribution is 2.56. The summed E-state index contributed by atoms with van der Waals surface area (Å²) in [4.78, 5) is 0. The van der Waals surface area contributed by atoms with Crippen molar-refractivity contribution in [3.8, 4) is 0 Å². The van der Waals surface area contributed by atoms with Gasteiger partial charge in [0.05, 0.1) is 0 Å². The van der Waals surface area contributed by atoms with Gasteiger partial charge in [-0.25, -0.2) is 0 Å². The van der Waals surface area contributed by atoms with Crippen molar-refractivity contribution in [1.82, 2.24) is 0 Å². The fourth-order valence-electron chi connectivity index (χ4n) is 3.05. The molecule has 3 aliphatic rings. The molecule has 0 spiro atoms. The Kier molecular flexibility index (Phi) is 2.85. The summed E-state index contributed by atoms with van der Waals surface area (Å²) in [6.07, 6.45) is 4.53. The second-order valence-corrected chi connectivity index (χ2v) is 5.19. The highest BCUT2D eigenvalue weighted by atomic mass is 14.5. The summed E-state index contributed by atoms with van der Waals surface area (Å²) in [7, 11) is 0. The van der Waals surface area contributed by atoms with Crippen molar-refractivity contribution in [2.75, 3.05) is 0 Å². The van der Waals surface area contributed by atoms with Crippen LogP contribution in [0.5, 0.6) is 0 Å². The van der Waals surface area contributed by atoms with Crippen molar-refractivity contribution in [2.45, 2.75) is 53.9 Å². The van der Waals surface area contributed by atoms with Crippen molar-refractivity contribution >= 4 is 0 Å². The average Bonchev–Trinajstić information content (AvgIpc) is 2.05. The minimum absolute atomic E-state index is 0.681. The first-order valence-electron chi connectivity index (χ1n) is 5.58. The van der Waals surface area contributed by atoms with E-state index in [1.165, 1.54) is 12.8 Å². The van der Waals surface area contributed by atoms with Crippen LogP contribution in [0.15, 0.2) is 0 Å². The molecule has 0 heterocycles. The topological polar surface area (TPSA) is 0 Å². The van der Waals surface area contributed by atoms with E-state index in [0.717, 1.165) is 17.8 Å². The Morgan fingerprint density at radius 1 is 1.00 bits per heavy atom. The molecule has 72 valence electrons. The zero-order valence-electron chi connectivity index (χ0n) is 9.35. The maximum absolute atomic E-state index is 2.44. The van der Waals surface area contributed by atoms with E-state index in [-0.39, 0.29) is 0 Å². The van der Waals surface area contributed by atoms with Gasteiger partial charge in [0.1, 0.15) is 0 Å². The quantitative estimate of drug-likeness (QED) is 0.511. The number of hydrogen-bond acceptors (Lipinski definition) is 0. The Morgan fingerprint density at radius 2 is 1.42 bits per heavy atom. The first-order chi connectivity index (χ1) is 5.58. The molecule has 12 heavy (non-hydrogen) atoms. The molecule has 2 unspecified atom stereocenters. The van der Waals surface area contributed by atoms with E-state index in [9.17, 15) is 0 Å². The fourth-order valence-corrected chi connectivity index (χ4v) is 3.05. The molecule has 0 amide bonds. The Morgan fingerprint density at radius 3 is 1.67 bits per heavy atom. The molecule has 0 N–H and O–H groups in total. The van der Waals surface area contributed by atoms with Crippen molar-refractivity contribution in [1.29, 1.82) is 0 Å². The largest absolute Gasteiger partial charge is 0.0683 e. The van der Waals surface area contributed by atoms with Crippen molar-refractivity contribution in [3.63, 3.8) is 0 Å². The molecule has 2 bridgehead atoms. The fraction of sp³-hybridized carbons (Fsp3) is 1.00. The normalized spacial score (nSPS) is 42.2. The summed E-state index contributed by atoms with van der Waals surface area (Å²) >= 11 is 0. The summed E-state index contributed by atoms with van der Waals surface area (Å²) in [5.74, 6) is 3.25. The van der Waals surface area contributed by atoms with Crippen LogP contribution in [0, 0.1) is 23.2 Å². The van der Waals surface area contributed by atoms with Crippen LogP contribution in [0.2, 0.25) is 0 Å². The Bertz CT molecular complexity index is 132. The molecule has 0 nitrogen and oxygen atoms in total. The summed E-state index contributed by atoms with van der Waals surface area (Å²) in [6.45, 7) is 11.3. The molecule has 0 radical (unpaired) electrons. The molecule has 3 aliphatic carbocycles. The number of fused-ring (bicyclic) bond motifs is 2. The van der Waals surface area contributed by atoms with Crippen LogP contribution in [0.3, 0.4) is 0 Å². The second kappa shape index (κ2) is 3.40. The maximum Gasteiger partial charge on any atom is -0.0349 e. The van der Waals surface area contributed by atoms with Gasteiger partial charge in [-0.05, 0) is 42.4 Å². The van der Waals surface area contributed by atoms with Gasteiger partial charge in [-0.2, -0.15) is 0 Å². The highest BCUT2D eigenvalue weighted by molar-refractivity contribution is 4.97. The first kappa shape index (κ1) is 10.1. The van der Waals surface area contributed by atoms with Crippen molar-refractivity contribution in [2.24, 2.45) is 23.2 Å². The van der Waals surface area contributed by atoms with Gasteiger partial charge in [-0.15, -0.1) is 0 Å². The lowest BCUT2D eigenvalue weighted by atomic mass is 9.51. The molecular formula is C12H24. The van der Waals surface area contributed by atoms with Gasteiger partial charge in [0.2, 0.25) is 0 Å². The third-order valence-corrected chi connectivity index (χ3v) is 3.72. The van der Waals surface area contributed by atoms with E-state index in [1.54, 1.807) is 6.42 Å². The molecule has 0 aromatic heterocycles. The minimum atomic E-state index is 0.681. The van der Waals surface area contributed by atoms with E-state index < -0.39 is 0 Å². The van der Waals surface area contributed by atoms with Gasteiger partial charge in [0.25, 0.3) is 0 Å². The van der Waals surface area contributed by atoms with Crippen LogP contribution in [0.25, 0.3) is 0 Å². The van der Waals surface area contributed by atoms with Crippen LogP contribution in [-0.4, -0.2) is 0 Å². The SMILES string of the molecule is CC.CC1C2CC1CC(C)(C)C2. The first-order valence-corrected chi connectivity index (χ1v) is 5.58. The van der Waals surface area contributed by atoms with Crippen molar-refractivity contribution in [3.05, 3.63) is 0 Å². The minimum Gasteiger partial charge on any atom is -0.0683 e. The molecule has 0 heteroatoms. The van der Waals surface area contributed by atoms with Crippen LogP contribution in [0.4, 0.5) is 0 Å². The zero-order chi connectivity index (χ0) is 9.35. The standard InChI is InChI=1S/C10H18.C2H6/c1-7-8-4-9(7)6-10(2,3)5-8;1-2/h7-9H,4-6H2,1-3H3;1-2H3. The smallest absolute Gasteiger partial charge is 0.0349 e. The van der Waals surface area contributed by atoms with Gasteiger partial charge < -0.3 is 0 Å². The molecule has 3 saturated carbocycles. The zero-order valence-corrected chi connectivity index (χ0v) is 9.35. The lowest BCUT2D eigenvalue weighted by molar-refractivity contribution is -0.0426. The lowest BCUT2D eigenvalue weighted by Crippen LogP contribution is -2.45. The third kappa shape index (κ3) is 1.67. The Hall–Kier alpha value is 0. The van der Waals surface area contributed by atoms with E-state index in [2.05, 4.69) is 20.8 Å². The summed E-state index contributed by atoms with van der Waals surface area (Å²) in [5.41, 5.74) is 0.681. The number of rotatable bonds is 0. The lowest BCUT2D eigenvalue weighted by Gasteiger charge is -2.54. The van der Waals surface area contributed by atoms with Gasteiger partial charge >= 0.3 is 0 Å². The predicted molar refractivity (Wildman–Crippen MR) is 55.1 cm³/mol. The van der Waals surface area contributed by atoms with Gasteiger partial charge in [0.15, 0.2) is 0 Å². The molecule has 0 saturated heterocycles. The van der Waals surface area contributed by atoms with E-state index in [1.807, 2.05) is 13.8 Å². The van der Waals surface area contributed by atoms with Crippen LogP contribution >= 0.6 is 0 Å². The molecule has 0 aromatic rings. The van der Waals surface area contributed by atoms with E-state index in [0.29, 0.717) is 5.41 Å². The van der Waals surface area contributed by atoms with Gasteiger partial charge in [-0.1, -0.05) is 34.6 Å². The molecular weight excluding hydrogens is 144 g/mol. The molecule has 2 atom stereocenters. The summed E-state index contributed by atoms with van der Waals surface area (Å²) < 4.78 is 0. The van der Waals surface area contributed by atoms with E-state index >= 15 is 0 Å². The average molecular weight is 168 g/mol. The summed E-state index contributed by atoms with van der Waals surface area (Å²) in [5, 5.41) is 0. The third-order valence-electron chi connectivity index (χ3n) is 3.72. The molecule has 0 aliphatic heterocycles. The Balaban J connectivity index is 0.000000336. The van der Waals surface area contributed by atoms with Crippen LogP contribution < -0.4 is 0 Å². The van der Waals surface area contributed by atoms with E-state index in [4.69, 9.17) is 0 Å². The summed E-state index contributed by atoms with van der Waals surface area (Å²) in [6, 6.07) is 0. The van der Waals surface area contributed by atoms with Crippen molar-refractivity contribution < 1.29 is 0 Å². The predicted octanol–water partition coefficient (Wildman–Crippen LogP) is 4.10. The molecule has 0 aromatic carbocycles. The highest BCUT2D eigenvalue weighted by Gasteiger charge is 2.47. The van der Waals surface area contributed by atoms with Gasteiger partial charge in [0, 0.05) is 0 Å².